The lowest BCUT2D eigenvalue weighted by Crippen LogP contribution is -2.49. The molecule has 2 aliphatic heterocycles. The number of anilines is 1. The standard InChI is InChI=1S/C25H24N4O3/c1-16-26-15-18(22(30)27-16)23(31)29-14-13-25(19-9-5-6-10-20(19)28-24(25)32)21(29)12-11-17-7-3-2-4-8-17/h2-10,15,21H,11-14H2,1H3,(H,28,32)(H,26,27,30)/t21-,25-/m0/s1. The predicted molar refractivity (Wildman–Crippen MR) is 121 cm³/mol. The molecule has 1 aromatic heterocycles. The Morgan fingerprint density at radius 1 is 1.12 bits per heavy atom. The van der Waals surface area contributed by atoms with Gasteiger partial charge in [0.05, 0.1) is 11.5 Å². The number of rotatable bonds is 4. The van der Waals surface area contributed by atoms with Crippen LogP contribution in [0.15, 0.2) is 65.6 Å². The Bertz CT molecular complexity index is 1250. The van der Waals surface area contributed by atoms with Gasteiger partial charge in [-0.3, -0.25) is 14.4 Å². The Kier molecular flexibility index (Phi) is 4.89. The molecule has 7 heteroatoms. The number of carbonyl (C=O) groups is 2. The van der Waals surface area contributed by atoms with Crippen molar-refractivity contribution < 1.29 is 9.59 Å². The summed E-state index contributed by atoms with van der Waals surface area (Å²) in [5, 5.41) is 3.02. The third-order valence-corrected chi connectivity index (χ3v) is 6.72. The Hall–Kier alpha value is -3.74. The minimum atomic E-state index is -0.827. The van der Waals surface area contributed by atoms with Crippen LogP contribution in [0, 0.1) is 6.92 Å². The van der Waals surface area contributed by atoms with E-state index in [4.69, 9.17) is 0 Å². The molecule has 0 bridgehead atoms. The molecule has 0 aliphatic carbocycles. The van der Waals surface area contributed by atoms with E-state index in [-0.39, 0.29) is 23.4 Å². The zero-order chi connectivity index (χ0) is 22.3. The van der Waals surface area contributed by atoms with Crippen molar-refractivity contribution in [1.82, 2.24) is 14.9 Å². The van der Waals surface area contributed by atoms with Crippen LogP contribution in [0.1, 0.15) is 40.2 Å². The number of H-pyrrole nitrogens is 1. The number of nitrogens with one attached hydrogen (secondary N) is 2. The number of nitrogens with zero attached hydrogens (tertiary/aromatic N) is 2. The number of aryl methyl sites for hydroxylation is 2. The van der Waals surface area contributed by atoms with Crippen molar-refractivity contribution in [2.75, 3.05) is 11.9 Å². The topological polar surface area (TPSA) is 95.2 Å². The molecule has 0 saturated carbocycles. The van der Waals surface area contributed by atoms with Crippen molar-refractivity contribution in [3.05, 3.63) is 93.7 Å². The molecule has 3 heterocycles. The zero-order valence-electron chi connectivity index (χ0n) is 17.8. The molecule has 0 unspecified atom stereocenters. The summed E-state index contributed by atoms with van der Waals surface area (Å²) in [6.45, 7) is 2.07. The number of aromatic amines is 1. The van der Waals surface area contributed by atoms with Crippen LogP contribution in [0.4, 0.5) is 5.69 Å². The second-order valence-corrected chi connectivity index (χ2v) is 8.47. The maximum atomic E-state index is 13.5. The maximum absolute atomic E-state index is 13.5. The molecule has 1 fully saturated rings. The molecular weight excluding hydrogens is 404 g/mol. The van der Waals surface area contributed by atoms with E-state index in [0.717, 1.165) is 23.2 Å². The second kappa shape index (κ2) is 7.75. The summed E-state index contributed by atoms with van der Waals surface area (Å²) in [5.41, 5.74) is 1.58. The van der Waals surface area contributed by atoms with E-state index in [9.17, 15) is 14.4 Å². The molecule has 0 radical (unpaired) electrons. The molecule has 2 amide bonds. The van der Waals surface area contributed by atoms with Gasteiger partial charge in [0.1, 0.15) is 11.4 Å². The van der Waals surface area contributed by atoms with E-state index < -0.39 is 11.0 Å². The largest absolute Gasteiger partial charge is 0.334 e. The number of benzene rings is 2. The van der Waals surface area contributed by atoms with E-state index in [2.05, 4.69) is 15.3 Å². The average Bonchev–Trinajstić information content (AvgIpc) is 3.31. The molecule has 2 aromatic carbocycles. The van der Waals surface area contributed by atoms with Crippen molar-refractivity contribution in [3.8, 4) is 0 Å². The summed E-state index contributed by atoms with van der Waals surface area (Å²) in [7, 11) is 0. The lowest BCUT2D eigenvalue weighted by molar-refractivity contribution is -0.121. The van der Waals surface area contributed by atoms with Gasteiger partial charge in [0.15, 0.2) is 0 Å². The van der Waals surface area contributed by atoms with Crippen LogP contribution in [0.3, 0.4) is 0 Å². The number of hydrogen-bond donors (Lipinski definition) is 2. The minimum absolute atomic E-state index is 0.00375. The maximum Gasteiger partial charge on any atom is 0.263 e. The smallest absolute Gasteiger partial charge is 0.263 e. The first-order chi connectivity index (χ1) is 15.5. The second-order valence-electron chi connectivity index (χ2n) is 8.47. The highest BCUT2D eigenvalue weighted by molar-refractivity contribution is 6.08. The Morgan fingerprint density at radius 3 is 2.66 bits per heavy atom. The van der Waals surface area contributed by atoms with Crippen LogP contribution in [-0.4, -0.2) is 39.3 Å². The molecular formula is C25H24N4O3. The van der Waals surface area contributed by atoms with E-state index in [1.807, 2.05) is 54.6 Å². The molecule has 32 heavy (non-hydrogen) atoms. The van der Waals surface area contributed by atoms with Gasteiger partial charge in [0.2, 0.25) is 5.91 Å². The predicted octanol–water partition coefficient (Wildman–Crippen LogP) is 2.82. The highest BCUT2D eigenvalue weighted by atomic mass is 16.2. The van der Waals surface area contributed by atoms with Crippen LogP contribution in [0.5, 0.6) is 0 Å². The lowest BCUT2D eigenvalue weighted by Gasteiger charge is -2.34. The monoisotopic (exact) mass is 428 g/mol. The summed E-state index contributed by atoms with van der Waals surface area (Å²) in [5.74, 6) is -0.0111. The fourth-order valence-corrected chi connectivity index (χ4v) is 5.19. The third kappa shape index (κ3) is 3.12. The van der Waals surface area contributed by atoms with Gasteiger partial charge in [-0.1, -0.05) is 48.5 Å². The molecule has 2 N–H and O–H groups in total. The van der Waals surface area contributed by atoms with E-state index in [1.165, 1.54) is 6.20 Å². The number of para-hydroxylation sites is 1. The van der Waals surface area contributed by atoms with Crippen molar-refractivity contribution in [2.24, 2.45) is 0 Å². The van der Waals surface area contributed by atoms with E-state index >= 15 is 0 Å². The van der Waals surface area contributed by atoms with Gasteiger partial charge in [0.25, 0.3) is 11.5 Å². The van der Waals surface area contributed by atoms with Crippen LogP contribution in [0.25, 0.3) is 0 Å². The van der Waals surface area contributed by atoms with Crippen molar-refractivity contribution in [1.29, 1.82) is 0 Å². The fraction of sp³-hybridized carbons (Fsp3) is 0.280. The van der Waals surface area contributed by atoms with Crippen molar-refractivity contribution >= 4 is 17.5 Å². The molecule has 1 saturated heterocycles. The first kappa shape index (κ1) is 20.2. The fourth-order valence-electron chi connectivity index (χ4n) is 5.19. The summed E-state index contributed by atoms with van der Waals surface area (Å²) in [6.07, 6.45) is 3.17. The number of hydrogen-bond acceptors (Lipinski definition) is 4. The van der Waals surface area contributed by atoms with Gasteiger partial charge in [0, 0.05) is 18.4 Å². The summed E-state index contributed by atoms with van der Waals surface area (Å²) >= 11 is 0. The molecule has 3 aromatic rings. The average molecular weight is 428 g/mol. The first-order valence-electron chi connectivity index (χ1n) is 10.8. The van der Waals surface area contributed by atoms with Crippen LogP contribution in [0.2, 0.25) is 0 Å². The summed E-state index contributed by atoms with van der Waals surface area (Å²) in [4.78, 5) is 47.8. The van der Waals surface area contributed by atoms with Gasteiger partial charge in [-0.15, -0.1) is 0 Å². The SMILES string of the molecule is Cc1ncc(C(=O)N2CC[C@@]3(C(=O)Nc4ccccc43)[C@@H]2CCc2ccccc2)c(=O)[nH]1. The van der Waals surface area contributed by atoms with Crippen LogP contribution in [-0.2, 0) is 16.6 Å². The van der Waals surface area contributed by atoms with Gasteiger partial charge in [-0.05, 0) is 43.4 Å². The number of fused-ring (bicyclic) bond motifs is 2. The first-order valence-corrected chi connectivity index (χ1v) is 10.8. The van der Waals surface area contributed by atoms with Crippen LogP contribution < -0.4 is 10.9 Å². The molecule has 2 aliphatic rings. The van der Waals surface area contributed by atoms with Crippen molar-refractivity contribution in [2.45, 2.75) is 37.6 Å². The van der Waals surface area contributed by atoms with Crippen molar-refractivity contribution in [3.63, 3.8) is 0 Å². The van der Waals surface area contributed by atoms with E-state index in [1.54, 1.807) is 11.8 Å². The summed E-state index contributed by atoms with van der Waals surface area (Å²) < 4.78 is 0. The van der Waals surface area contributed by atoms with Gasteiger partial charge < -0.3 is 15.2 Å². The van der Waals surface area contributed by atoms with Gasteiger partial charge >= 0.3 is 0 Å². The summed E-state index contributed by atoms with van der Waals surface area (Å²) in [6, 6.07) is 17.3. The quantitative estimate of drug-likeness (QED) is 0.668. The molecule has 5 rings (SSSR count). The normalized spacial score (nSPS) is 21.6. The highest BCUT2D eigenvalue weighted by Crippen LogP contribution is 2.49. The van der Waals surface area contributed by atoms with Gasteiger partial charge in [-0.25, -0.2) is 4.98 Å². The van der Waals surface area contributed by atoms with Crippen LogP contribution >= 0.6 is 0 Å². The Morgan fingerprint density at radius 2 is 1.88 bits per heavy atom. The molecule has 162 valence electrons. The van der Waals surface area contributed by atoms with Gasteiger partial charge in [-0.2, -0.15) is 0 Å². The lowest BCUT2D eigenvalue weighted by atomic mass is 9.73. The zero-order valence-corrected chi connectivity index (χ0v) is 17.8. The number of amides is 2. The molecule has 7 nitrogen and oxygen atoms in total. The third-order valence-electron chi connectivity index (χ3n) is 6.72. The highest BCUT2D eigenvalue weighted by Gasteiger charge is 2.58. The Balaban J connectivity index is 1.56. The molecule has 1 spiro atoms. The minimum Gasteiger partial charge on any atom is -0.334 e. The number of likely N-dealkylation sites (tertiary alicyclic amines) is 1. The number of aromatic nitrogens is 2. The van der Waals surface area contributed by atoms with E-state index in [0.29, 0.717) is 25.2 Å². The number of carbonyl (C=O) groups excluding carboxylic acids is 2. The molecule has 2 atom stereocenters. The Labute approximate surface area is 185 Å².